The zero-order valence-electron chi connectivity index (χ0n) is 22.4. The molecule has 1 aliphatic rings. The Morgan fingerprint density at radius 1 is 1.21 bits per heavy atom. The molecule has 2 atom stereocenters. The third-order valence-electron chi connectivity index (χ3n) is 7.32. The highest BCUT2D eigenvalue weighted by atomic mass is 32.3. The lowest BCUT2D eigenvalue weighted by atomic mass is 9.84. The first kappa shape index (κ1) is 27.1. The van der Waals surface area contributed by atoms with Crippen molar-refractivity contribution in [1.29, 1.82) is 0 Å². The van der Waals surface area contributed by atoms with Gasteiger partial charge >= 0.3 is 5.97 Å². The maximum Gasteiger partial charge on any atom is 0.304 e. The molecule has 0 saturated heterocycles. The number of carbonyl (C=O) groups is 1. The Kier molecular flexibility index (Phi) is 7.34. The molecule has 5 rings (SSSR count). The first-order chi connectivity index (χ1) is 18.6. The van der Waals surface area contributed by atoms with E-state index in [0.29, 0.717) is 6.54 Å². The molecule has 2 aromatic carbocycles. The Labute approximate surface area is 228 Å². The average molecular weight is 552 g/mol. The van der Waals surface area contributed by atoms with Crippen LogP contribution in [0.15, 0.2) is 53.6 Å². The summed E-state index contributed by atoms with van der Waals surface area (Å²) in [7, 11) is -3.37. The van der Waals surface area contributed by atoms with Crippen LogP contribution in [0.4, 0.5) is 0 Å². The number of hydrogen-bond donors (Lipinski definition) is 3. The monoisotopic (exact) mass is 551 g/mol. The second-order valence-electron chi connectivity index (χ2n) is 9.97. The lowest BCUT2D eigenvalue weighted by Gasteiger charge is -2.41. The third-order valence-corrected chi connectivity index (χ3v) is 9.22. The summed E-state index contributed by atoms with van der Waals surface area (Å²) < 4.78 is 32.0. The van der Waals surface area contributed by atoms with Crippen molar-refractivity contribution in [1.82, 2.24) is 24.3 Å². The average Bonchev–Trinajstić information content (AvgIpc) is 3.29. The van der Waals surface area contributed by atoms with E-state index in [0.717, 1.165) is 38.9 Å². The first-order valence-corrected chi connectivity index (χ1v) is 14.4. The highest BCUT2D eigenvalue weighted by Crippen LogP contribution is 2.56. The molecular formula is C28H33N5O5S. The molecule has 0 saturated carbocycles. The summed E-state index contributed by atoms with van der Waals surface area (Å²) >= 11 is 0. The van der Waals surface area contributed by atoms with Gasteiger partial charge in [0.25, 0.3) is 0 Å². The number of benzene rings is 2. The molecule has 10 nitrogen and oxygen atoms in total. The summed E-state index contributed by atoms with van der Waals surface area (Å²) in [6, 6.07) is 13.1. The summed E-state index contributed by atoms with van der Waals surface area (Å²) in [5, 5.41) is 18.4. The predicted molar refractivity (Wildman–Crippen MR) is 149 cm³/mol. The van der Waals surface area contributed by atoms with Crippen molar-refractivity contribution >= 4 is 27.8 Å². The molecule has 3 N–H and O–H groups in total. The van der Waals surface area contributed by atoms with Crippen LogP contribution in [-0.2, 0) is 17.9 Å². The van der Waals surface area contributed by atoms with Crippen LogP contribution >= 0.6 is 10.8 Å². The van der Waals surface area contributed by atoms with Crippen molar-refractivity contribution in [2.75, 3.05) is 6.54 Å². The molecular weight excluding hydrogens is 518 g/mol. The fraction of sp³-hybridized carbons (Fsp3) is 0.357. The topological polar surface area (TPSA) is 134 Å². The molecule has 0 aliphatic carbocycles. The third kappa shape index (κ3) is 5.10. The number of carboxylic acids is 1. The number of nitrogens with zero attached hydrogens (tertiary/aromatic N) is 5. The van der Waals surface area contributed by atoms with E-state index in [9.17, 15) is 19.0 Å². The van der Waals surface area contributed by atoms with Gasteiger partial charge in [0, 0.05) is 25.2 Å². The van der Waals surface area contributed by atoms with Crippen LogP contribution in [0.25, 0.3) is 11.0 Å². The van der Waals surface area contributed by atoms with Crippen LogP contribution < -0.4 is 4.74 Å². The Morgan fingerprint density at radius 3 is 2.74 bits per heavy atom. The second-order valence-corrected chi connectivity index (χ2v) is 12.0. The SMILES string of the molecule is CCn1nnc2c(C)c(C(CC(=O)O)c3ccc(C)c(CN4C[C@@H](C)Oc5ncccc5S4(O)O)c3)ccc21. The number of pyridine rings is 1. The Morgan fingerprint density at radius 2 is 2.00 bits per heavy atom. The maximum atomic E-state index is 12.0. The minimum absolute atomic E-state index is 0.0976. The number of carboxylic acid groups (broad SMARTS) is 1. The summed E-state index contributed by atoms with van der Waals surface area (Å²) in [4.78, 5) is 16.5. The van der Waals surface area contributed by atoms with E-state index in [1.807, 2.05) is 62.7 Å². The van der Waals surface area contributed by atoms with Gasteiger partial charge in [0.2, 0.25) is 5.88 Å². The number of aryl methyl sites for hydroxylation is 3. The van der Waals surface area contributed by atoms with Crippen molar-refractivity contribution in [2.24, 2.45) is 0 Å². The van der Waals surface area contributed by atoms with Gasteiger partial charge in [0.15, 0.2) is 0 Å². The van der Waals surface area contributed by atoms with Crippen molar-refractivity contribution in [3.8, 4) is 5.88 Å². The molecule has 2 aromatic heterocycles. The Hall–Kier alpha value is -3.51. The van der Waals surface area contributed by atoms with E-state index in [1.165, 1.54) is 0 Å². The lowest BCUT2D eigenvalue weighted by molar-refractivity contribution is -0.137. The summed E-state index contributed by atoms with van der Waals surface area (Å²) in [5.74, 6) is -1.10. The van der Waals surface area contributed by atoms with Crippen LogP contribution in [0.3, 0.4) is 0 Å². The molecule has 1 unspecified atom stereocenters. The molecule has 0 amide bonds. The fourth-order valence-electron chi connectivity index (χ4n) is 5.23. The number of ether oxygens (including phenoxy) is 1. The van der Waals surface area contributed by atoms with E-state index in [-0.39, 0.29) is 36.4 Å². The second kappa shape index (κ2) is 10.6. The van der Waals surface area contributed by atoms with Crippen molar-refractivity contribution in [3.63, 3.8) is 0 Å². The molecule has 0 fully saturated rings. The largest absolute Gasteiger partial charge is 0.481 e. The number of aromatic nitrogens is 4. The number of aliphatic carboxylic acids is 1. The minimum Gasteiger partial charge on any atom is -0.481 e. The molecule has 1 aliphatic heterocycles. The van der Waals surface area contributed by atoms with Gasteiger partial charge in [0.1, 0.15) is 16.5 Å². The molecule has 0 bridgehead atoms. The van der Waals surface area contributed by atoms with Gasteiger partial charge in [-0.25, -0.2) is 9.67 Å². The smallest absolute Gasteiger partial charge is 0.304 e. The van der Waals surface area contributed by atoms with Crippen LogP contribution in [0.2, 0.25) is 0 Å². The van der Waals surface area contributed by atoms with Crippen LogP contribution in [0, 0.1) is 13.8 Å². The molecule has 11 heteroatoms. The van der Waals surface area contributed by atoms with E-state index < -0.39 is 22.7 Å². The van der Waals surface area contributed by atoms with E-state index in [4.69, 9.17) is 4.74 Å². The van der Waals surface area contributed by atoms with Crippen LogP contribution in [0.1, 0.15) is 54.0 Å². The molecule has 39 heavy (non-hydrogen) atoms. The van der Waals surface area contributed by atoms with Crippen molar-refractivity contribution in [3.05, 3.63) is 76.5 Å². The van der Waals surface area contributed by atoms with Crippen molar-refractivity contribution < 1.29 is 23.7 Å². The van der Waals surface area contributed by atoms with Gasteiger partial charge in [-0.2, -0.15) is 4.31 Å². The van der Waals surface area contributed by atoms with Crippen LogP contribution in [-0.4, -0.2) is 57.1 Å². The number of fused-ring (bicyclic) bond motifs is 2. The maximum absolute atomic E-state index is 12.0. The van der Waals surface area contributed by atoms with Gasteiger partial charge in [-0.3, -0.25) is 13.9 Å². The molecule has 4 aromatic rings. The molecule has 0 radical (unpaired) electrons. The normalized spacial score (nSPS) is 18.7. The molecule has 206 valence electrons. The highest BCUT2D eigenvalue weighted by Gasteiger charge is 2.35. The predicted octanol–water partition coefficient (Wildman–Crippen LogP) is 5.38. The summed E-state index contributed by atoms with van der Waals surface area (Å²) in [6.45, 7) is 9.00. The fourth-order valence-corrected chi connectivity index (χ4v) is 6.84. The van der Waals surface area contributed by atoms with Gasteiger partial charge in [0.05, 0.1) is 18.5 Å². The van der Waals surface area contributed by atoms with Crippen LogP contribution in [0.5, 0.6) is 5.88 Å². The van der Waals surface area contributed by atoms with Crippen molar-refractivity contribution in [2.45, 2.75) is 64.1 Å². The quantitative estimate of drug-likeness (QED) is 0.277. The zero-order chi connectivity index (χ0) is 27.9. The van der Waals surface area contributed by atoms with Gasteiger partial charge in [-0.1, -0.05) is 29.5 Å². The van der Waals surface area contributed by atoms with E-state index >= 15 is 0 Å². The highest BCUT2D eigenvalue weighted by molar-refractivity contribution is 8.22. The Balaban J connectivity index is 1.54. The standard InChI is InChI=1S/C28H33N5O5S/c1-5-33-24-11-10-22(19(4)27(24)30-31-33)23(14-26(34)35)20-9-8-17(2)21(13-20)16-32-15-18(3)38-28-25(39(32,36)37)7-6-12-29-28/h6-13,18,23,36-37H,5,14-16H2,1-4H3,(H,34,35)/t18-,23?/m1/s1. The summed E-state index contributed by atoms with van der Waals surface area (Å²) in [6.07, 6.45) is 1.15. The number of hydrogen-bond acceptors (Lipinski definition) is 8. The number of rotatable bonds is 7. The zero-order valence-corrected chi connectivity index (χ0v) is 23.2. The van der Waals surface area contributed by atoms with E-state index in [2.05, 4.69) is 15.3 Å². The molecule has 0 spiro atoms. The van der Waals surface area contributed by atoms with Gasteiger partial charge in [-0.05, 0) is 73.7 Å². The minimum atomic E-state index is -3.37. The van der Waals surface area contributed by atoms with Gasteiger partial charge < -0.3 is 9.84 Å². The van der Waals surface area contributed by atoms with Gasteiger partial charge in [-0.15, -0.1) is 15.9 Å². The molecule has 3 heterocycles. The first-order valence-electron chi connectivity index (χ1n) is 12.9. The Bertz CT molecular complexity index is 1540. The lowest BCUT2D eigenvalue weighted by Crippen LogP contribution is -2.33. The summed E-state index contributed by atoms with van der Waals surface area (Å²) in [5.41, 5.74) is 6.12. The van der Waals surface area contributed by atoms with E-state index in [1.54, 1.807) is 22.6 Å².